The first-order valence-corrected chi connectivity index (χ1v) is 6.18. The van der Waals surface area contributed by atoms with Gasteiger partial charge in [0, 0.05) is 25.9 Å². The van der Waals surface area contributed by atoms with Gasteiger partial charge < -0.3 is 4.57 Å². The third-order valence-electron chi connectivity index (χ3n) is 3.40. The Balaban J connectivity index is 2.14. The van der Waals surface area contributed by atoms with Gasteiger partial charge in [-0.05, 0) is 19.1 Å². The van der Waals surface area contributed by atoms with Gasteiger partial charge in [0.1, 0.15) is 11.3 Å². The highest BCUT2D eigenvalue weighted by molar-refractivity contribution is 5.77. The minimum absolute atomic E-state index is 0.347. The van der Waals surface area contributed by atoms with Gasteiger partial charge >= 0.3 is 6.18 Å². The summed E-state index contributed by atoms with van der Waals surface area (Å²) in [5.74, 6) is 0.788. The van der Waals surface area contributed by atoms with Crippen LogP contribution in [-0.4, -0.2) is 24.3 Å². The van der Waals surface area contributed by atoms with Crippen LogP contribution in [-0.2, 0) is 20.3 Å². The number of alkyl halides is 3. The SMILES string of the molecule is Cc1nc2cc(-c3cc(C(F)(F)F)nn3C)cnc2n1C. The van der Waals surface area contributed by atoms with Gasteiger partial charge in [0.25, 0.3) is 0 Å². The van der Waals surface area contributed by atoms with Crippen LogP contribution in [0.1, 0.15) is 11.5 Å². The fourth-order valence-electron chi connectivity index (χ4n) is 2.21. The van der Waals surface area contributed by atoms with E-state index in [9.17, 15) is 13.2 Å². The maximum absolute atomic E-state index is 12.7. The summed E-state index contributed by atoms with van der Waals surface area (Å²) in [5, 5.41) is 3.50. The highest BCUT2D eigenvalue weighted by Crippen LogP contribution is 2.31. The van der Waals surface area contributed by atoms with Crippen molar-refractivity contribution in [1.29, 1.82) is 0 Å². The molecule has 0 aromatic carbocycles. The van der Waals surface area contributed by atoms with Gasteiger partial charge in [-0.25, -0.2) is 9.97 Å². The molecule has 0 aliphatic heterocycles. The number of aromatic nitrogens is 5. The molecule has 0 N–H and O–H groups in total. The number of hydrogen-bond acceptors (Lipinski definition) is 3. The average Bonchev–Trinajstić information content (AvgIpc) is 2.91. The Bertz CT molecular complexity index is 828. The van der Waals surface area contributed by atoms with Crippen molar-refractivity contribution in [2.24, 2.45) is 14.1 Å². The standard InChI is InChI=1S/C13H12F3N5/c1-7-18-9-4-8(6-17-12(9)20(7)2)10-5-11(13(14,15)16)19-21(10)3/h4-6H,1-3H3. The maximum atomic E-state index is 12.7. The van der Waals surface area contributed by atoms with Gasteiger partial charge in [-0.3, -0.25) is 4.68 Å². The average molecular weight is 295 g/mol. The second kappa shape index (κ2) is 4.31. The van der Waals surface area contributed by atoms with Crippen LogP contribution >= 0.6 is 0 Å². The van der Waals surface area contributed by atoms with Crippen LogP contribution in [0.5, 0.6) is 0 Å². The van der Waals surface area contributed by atoms with Crippen molar-refractivity contribution >= 4 is 11.2 Å². The van der Waals surface area contributed by atoms with Crippen LogP contribution in [0, 0.1) is 6.92 Å². The second-order valence-corrected chi connectivity index (χ2v) is 4.82. The predicted molar refractivity (Wildman–Crippen MR) is 70.5 cm³/mol. The Morgan fingerprint density at radius 1 is 1.14 bits per heavy atom. The van der Waals surface area contributed by atoms with Crippen LogP contribution in [0.2, 0.25) is 0 Å². The summed E-state index contributed by atoms with van der Waals surface area (Å²) in [6.45, 7) is 1.84. The van der Waals surface area contributed by atoms with Crippen LogP contribution in [0.15, 0.2) is 18.3 Å². The summed E-state index contributed by atoms with van der Waals surface area (Å²) < 4.78 is 41.1. The number of fused-ring (bicyclic) bond motifs is 1. The molecule has 21 heavy (non-hydrogen) atoms. The van der Waals surface area contributed by atoms with Crippen LogP contribution in [0.3, 0.4) is 0 Å². The second-order valence-electron chi connectivity index (χ2n) is 4.82. The van der Waals surface area contributed by atoms with Crippen LogP contribution in [0.25, 0.3) is 22.4 Å². The summed E-state index contributed by atoms with van der Waals surface area (Å²) >= 11 is 0. The third-order valence-corrected chi connectivity index (χ3v) is 3.40. The Kier molecular flexibility index (Phi) is 2.79. The topological polar surface area (TPSA) is 48.5 Å². The van der Waals surface area contributed by atoms with Crippen molar-refractivity contribution in [3.05, 3.63) is 29.8 Å². The molecule has 0 atom stereocenters. The molecule has 0 unspecified atom stereocenters. The summed E-state index contributed by atoms with van der Waals surface area (Å²) in [6, 6.07) is 2.73. The molecule has 0 saturated carbocycles. The van der Waals surface area contributed by atoms with Gasteiger partial charge in [0.2, 0.25) is 0 Å². The molecule has 0 amide bonds. The monoisotopic (exact) mass is 295 g/mol. The zero-order valence-electron chi connectivity index (χ0n) is 11.6. The van der Waals surface area contributed by atoms with E-state index in [2.05, 4.69) is 15.1 Å². The highest BCUT2D eigenvalue weighted by Gasteiger charge is 2.34. The first-order valence-electron chi connectivity index (χ1n) is 6.18. The van der Waals surface area contributed by atoms with Crippen LogP contribution < -0.4 is 0 Å². The van der Waals surface area contributed by atoms with Crippen LogP contribution in [0.4, 0.5) is 13.2 Å². The number of pyridine rings is 1. The molecule has 0 saturated heterocycles. The molecular weight excluding hydrogens is 283 g/mol. The zero-order valence-corrected chi connectivity index (χ0v) is 11.6. The predicted octanol–water partition coefficient (Wildman–Crippen LogP) is 2.70. The number of aryl methyl sites for hydroxylation is 3. The van der Waals surface area contributed by atoms with E-state index in [1.807, 2.05) is 18.5 Å². The lowest BCUT2D eigenvalue weighted by Gasteiger charge is -2.01. The van der Waals surface area contributed by atoms with Gasteiger partial charge in [0.05, 0.1) is 5.69 Å². The third kappa shape index (κ3) is 2.16. The molecule has 3 rings (SSSR count). The molecule has 110 valence electrons. The smallest absolute Gasteiger partial charge is 0.316 e. The van der Waals surface area contributed by atoms with E-state index in [1.54, 1.807) is 6.07 Å². The van der Waals surface area contributed by atoms with Gasteiger partial charge in [-0.2, -0.15) is 18.3 Å². The molecule has 5 nitrogen and oxygen atoms in total. The van der Waals surface area contributed by atoms with E-state index < -0.39 is 11.9 Å². The Labute approximate surface area is 118 Å². The van der Waals surface area contributed by atoms with E-state index in [0.717, 1.165) is 11.9 Å². The number of rotatable bonds is 1. The number of hydrogen-bond donors (Lipinski definition) is 0. The van der Waals surface area contributed by atoms with E-state index in [0.29, 0.717) is 22.4 Å². The van der Waals surface area contributed by atoms with E-state index in [-0.39, 0.29) is 0 Å². The molecule has 0 bridgehead atoms. The molecule has 3 aromatic rings. The Morgan fingerprint density at radius 3 is 2.48 bits per heavy atom. The largest absolute Gasteiger partial charge is 0.435 e. The first kappa shape index (κ1) is 13.6. The highest BCUT2D eigenvalue weighted by atomic mass is 19.4. The van der Waals surface area contributed by atoms with E-state index in [1.165, 1.54) is 17.9 Å². The van der Waals surface area contributed by atoms with E-state index >= 15 is 0 Å². The molecule has 0 spiro atoms. The molecular formula is C13H12F3N5. The Hall–Kier alpha value is -2.38. The van der Waals surface area contributed by atoms with Gasteiger partial charge in [-0.1, -0.05) is 0 Å². The zero-order chi connectivity index (χ0) is 15.4. The normalized spacial score (nSPS) is 12.3. The first-order chi connectivity index (χ1) is 9.77. The lowest BCUT2D eigenvalue weighted by molar-refractivity contribution is -0.141. The maximum Gasteiger partial charge on any atom is 0.435 e. The summed E-state index contributed by atoms with van der Waals surface area (Å²) in [6.07, 6.45) is -2.93. The van der Waals surface area contributed by atoms with E-state index in [4.69, 9.17) is 0 Å². The van der Waals surface area contributed by atoms with Crippen molar-refractivity contribution < 1.29 is 13.2 Å². The molecule has 0 aliphatic carbocycles. The molecule has 0 radical (unpaired) electrons. The molecule has 3 aromatic heterocycles. The van der Waals surface area contributed by atoms with Gasteiger partial charge in [-0.15, -0.1) is 0 Å². The van der Waals surface area contributed by atoms with Gasteiger partial charge in [0.15, 0.2) is 11.3 Å². The molecule has 8 heteroatoms. The lowest BCUT2D eigenvalue weighted by Crippen LogP contribution is -2.06. The van der Waals surface area contributed by atoms with Crippen molar-refractivity contribution in [1.82, 2.24) is 24.3 Å². The van der Waals surface area contributed by atoms with Crippen molar-refractivity contribution in [2.75, 3.05) is 0 Å². The fourth-order valence-corrected chi connectivity index (χ4v) is 2.21. The number of imidazole rings is 1. The van der Waals surface area contributed by atoms with Crippen molar-refractivity contribution in [2.45, 2.75) is 13.1 Å². The lowest BCUT2D eigenvalue weighted by atomic mass is 10.2. The summed E-state index contributed by atoms with van der Waals surface area (Å²) in [4.78, 5) is 8.60. The quantitative estimate of drug-likeness (QED) is 0.693. The minimum atomic E-state index is -4.46. The number of halogens is 3. The summed E-state index contributed by atoms with van der Waals surface area (Å²) in [7, 11) is 3.31. The Morgan fingerprint density at radius 2 is 1.86 bits per heavy atom. The van der Waals surface area contributed by atoms with Crippen molar-refractivity contribution in [3.63, 3.8) is 0 Å². The van der Waals surface area contributed by atoms with Crippen molar-refractivity contribution in [3.8, 4) is 11.3 Å². The molecule has 3 heterocycles. The minimum Gasteiger partial charge on any atom is -0.316 e. The molecule has 0 fully saturated rings. The number of nitrogens with zero attached hydrogens (tertiary/aromatic N) is 5. The summed E-state index contributed by atoms with van der Waals surface area (Å²) in [5.41, 5.74) is 1.31. The molecule has 0 aliphatic rings. The fraction of sp³-hybridized carbons (Fsp3) is 0.308.